The zero-order valence-electron chi connectivity index (χ0n) is 14.8. The number of hydrogen-bond donors (Lipinski definition) is 1. The molecule has 3 aromatic rings. The predicted octanol–water partition coefficient (Wildman–Crippen LogP) is 3.54. The van der Waals surface area contributed by atoms with Crippen LogP contribution in [-0.2, 0) is 11.2 Å². The molecule has 0 aliphatic rings. The zero-order chi connectivity index (χ0) is 18.5. The third kappa shape index (κ3) is 4.47. The van der Waals surface area contributed by atoms with Gasteiger partial charge in [0.05, 0.1) is 5.75 Å². The molecule has 0 aliphatic carbocycles. The lowest BCUT2D eigenvalue weighted by Gasteiger charge is -2.09. The molecule has 136 valence electrons. The SMILES string of the molecule is CCc1nnc(NC(=O)CSc2nncn2-c2ccc(C(C)C)cc2)s1. The maximum atomic E-state index is 12.1. The third-order valence-corrected chi connectivity index (χ3v) is 5.63. The van der Waals surface area contributed by atoms with E-state index in [1.165, 1.54) is 28.7 Å². The molecule has 9 heteroatoms. The summed E-state index contributed by atoms with van der Waals surface area (Å²) in [4.78, 5) is 12.1. The molecule has 1 aromatic carbocycles. The quantitative estimate of drug-likeness (QED) is 0.623. The van der Waals surface area contributed by atoms with Gasteiger partial charge in [0.15, 0.2) is 5.16 Å². The van der Waals surface area contributed by atoms with Crippen molar-refractivity contribution in [3.8, 4) is 5.69 Å². The first-order valence-electron chi connectivity index (χ1n) is 8.32. The number of aromatic nitrogens is 5. The first-order chi connectivity index (χ1) is 12.6. The van der Waals surface area contributed by atoms with E-state index in [2.05, 4.69) is 51.7 Å². The Bertz CT molecular complexity index is 872. The smallest absolute Gasteiger partial charge is 0.236 e. The van der Waals surface area contributed by atoms with Crippen molar-refractivity contribution < 1.29 is 4.79 Å². The van der Waals surface area contributed by atoms with Crippen LogP contribution >= 0.6 is 23.1 Å². The number of carbonyl (C=O) groups is 1. The summed E-state index contributed by atoms with van der Waals surface area (Å²) in [6.07, 6.45) is 2.46. The molecule has 1 amide bonds. The topological polar surface area (TPSA) is 85.6 Å². The summed E-state index contributed by atoms with van der Waals surface area (Å²) in [6.45, 7) is 6.33. The van der Waals surface area contributed by atoms with Crippen LogP contribution in [0.4, 0.5) is 5.13 Å². The number of aryl methyl sites for hydroxylation is 1. The Morgan fingerprint density at radius 3 is 2.65 bits per heavy atom. The Hall–Kier alpha value is -2.26. The largest absolute Gasteiger partial charge is 0.300 e. The van der Waals surface area contributed by atoms with Crippen LogP contribution in [0.3, 0.4) is 0 Å². The highest BCUT2D eigenvalue weighted by molar-refractivity contribution is 7.99. The van der Waals surface area contributed by atoms with Gasteiger partial charge in [-0.15, -0.1) is 20.4 Å². The van der Waals surface area contributed by atoms with E-state index in [1.807, 2.05) is 23.6 Å². The number of amides is 1. The Labute approximate surface area is 160 Å². The molecule has 7 nitrogen and oxygen atoms in total. The molecule has 0 saturated heterocycles. The van der Waals surface area contributed by atoms with Gasteiger partial charge >= 0.3 is 0 Å². The van der Waals surface area contributed by atoms with Crippen LogP contribution < -0.4 is 5.32 Å². The Kier molecular flexibility index (Phi) is 6.00. The molecule has 0 aliphatic heterocycles. The second-order valence-electron chi connectivity index (χ2n) is 5.92. The predicted molar refractivity (Wildman–Crippen MR) is 104 cm³/mol. The number of thioether (sulfide) groups is 1. The van der Waals surface area contributed by atoms with Crippen molar-refractivity contribution >= 4 is 34.1 Å². The van der Waals surface area contributed by atoms with E-state index >= 15 is 0 Å². The first kappa shape index (κ1) is 18.5. The standard InChI is InChI=1S/C17H20N6OS2/c1-4-15-20-21-16(26-15)19-14(24)9-25-17-22-18-10-23(17)13-7-5-12(6-8-13)11(2)3/h5-8,10-11H,4,9H2,1-3H3,(H,19,21,24). The summed E-state index contributed by atoms with van der Waals surface area (Å²) in [7, 11) is 0. The van der Waals surface area contributed by atoms with Crippen molar-refractivity contribution in [2.75, 3.05) is 11.1 Å². The van der Waals surface area contributed by atoms with Crippen LogP contribution in [-0.4, -0.2) is 36.6 Å². The number of rotatable bonds is 7. The van der Waals surface area contributed by atoms with Gasteiger partial charge in [-0.25, -0.2) is 0 Å². The molecule has 0 bridgehead atoms. The minimum Gasteiger partial charge on any atom is -0.300 e. The van der Waals surface area contributed by atoms with Crippen molar-refractivity contribution in [3.63, 3.8) is 0 Å². The molecule has 2 aromatic heterocycles. The fourth-order valence-corrected chi connectivity index (χ4v) is 3.68. The van der Waals surface area contributed by atoms with E-state index in [9.17, 15) is 4.79 Å². The van der Waals surface area contributed by atoms with E-state index in [0.717, 1.165) is 17.1 Å². The maximum absolute atomic E-state index is 12.1. The molecule has 0 unspecified atom stereocenters. The van der Waals surface area contributed by atoms with Gasteiger partial charge in [0, 0.05) is 5.69 Å². The van der Waals surface area contributed by atoms with Gasteiger partial charge in [-0.3, -0.25) is 14.7 Å². The van der Waals surface area contributed by atoms with Crippen LogP contribution in [0.1, 0.15) is 37.3 Å². The van der Waals surface area contributed by atoms with Crippen molar-refractivity contribution in [2.24, 2.45) is 0 Å². The summed E-state index contributed by atoms with van der Waals surface area (Å²) < 4.78 is 1.88. The van der Waals surface area contributed by atoms with E-state index in [1.54, 1.807) is 6.33 Å². The second kappa shape index (κ2) is 8.41. The van der Waals surface area contributed by atoms with E-state index < -0.39 is 0 Å². The Morgan fingerprint density at radius 1 is 1.23 bits per heavy atom. The molecular weight excluding hydrogens is 368 g/mol. The van der Waals surface area contributed by atoms with Gasteiger partial charge in [0.2, 0.25) is 11.0 Å². The van der Waals surface area contributed by atoms with Gasteiger partial charge in [0.1, 0.15) is 11.3 Å². The average molecular weight is 389 g/mol. The minimum absolute atomic E-state index is 0.140. The van der Waals surface area contributed by atoms with Crippen LogP contribution in [0, 0.1) is 0 Å². The lowest BCUT2D eigenvalue weighted by molar-refractivity contribution is -0.113. The van der Waals surface area contributed by atoms with Crippen LogP contribution in [0.2, 0.25) is 0 Å². The fourth-order valence-electron chi connectivity index (χ4n) is 2.25. The molecule has 26 heavy (non-hydrogen) atoms. The Balaban J connectivity index is 1.62. The highest BCUT2D eigenvalue weighted by Crippen LogP contribution is 2.22. The molecule has 3 rings (SSSR count). The van der Waals surface area contributed by atoms with Crippen LogP contribution in [0.5, 0.6) is 0 Å². The van der Waals surface area contributed by atoms with Crippen molar-refractivity contribution in [1.82, 2.24) is 25.0 Å². The van der Waals surface area contributed by atoms with Gasteiger partial charge in [-0.1, -0.05) is 56.0 Å². The van der Waals surface area contributed by atoms with Gasteiger partial charge in [-0.05, 0) is 30.0 Å². The summed E-state index contributed by atoms with van der Waals surface area (Å²) in [5.41, 5.74) is 2.25. The molecule has 0 fully saturated rings. The van der Waals surface area contributed by atoms with E-state index in [-0.39, 0.29) is 11.7 Å². The highest BCUT2D eigenvalue weighted by atomic mass is 32.2. The number of nitrogens with one attached hydrogen (secondary N) is 1. The van der Waals surface area contributed by atoms with Crippen molar-refractivity contribution in [3.05, 3.63) is 41.2 Å². The van der Waals surface area contributed by atoms with Crippen LogP contribution in [0.15, 0.2) is 35.7 Å². The molecule has 0 atom stereocenters. The summed E-state index contributed by atoms with van der Waals surface area (Å²) in [5.74, 6) is 0.568. The summed E-state index contributed by atoms with van der Waals surface area (Å²) in [5, 5.41) is 20.9. The number of anilines is 1. The average Bonchev–Trinajstić information content (AvgIpc) is 3.29. The minimum atomic E-state index is -0.140. The monoisotopic (exact) mass is 388 g/mol. The van der Waals surface area contributed by atoms with Crippen LogP contribution in [0.25, 0.3) is 5.69 Å². The number of carbonyl (C=O) groups excluding carboxylic acids is 1. The molecule has 0 spiro atoms. The lowest BCUT2D eigenvalue weighted by Crippen LogP contribution is -2.14. The normalized spacial score (nSPS) is 11.1. The highest BCUT2D eigenvalue weighted by Gasteiger charge is 2.12. The summed E-state index contributed by atoms with van der Waals surface area (Å²) in [6, 6.07) is 8.27. The van der Waals surface area contributed by atoms with Gasteiger partial charge < -0.3 is 0 Å². The number of nitrogens with zero attached hydrogens (tertiary/aromatic N) is 5. The van der Waals surface area contributed by atoms with Crippen molar-refractivity contribution in [2.45, 2.75) is 38.3 Å². The van der Waals surface area contributed by atoms with Gasteiger partial charge in [-0.2, -0.15) is 0 Å². The molecule has 0 radical (unpaired) electrons. The maximum Gasteiger partial charge on any atom is 0.236 e. The molecule has 2 heterocycles. The van der Waals surface area contributed by atoms with E-state index in [0.29, 0.717) is 16.2 Å². The summed E-state index contributed by atoms with van der Waals surface area (Å²) >= 11 is 2.72. The van der Waals surface area contributed by atoms with E-state index in [4.69, 9.17) is 0 Å². The molecule has 1 N–H and O–H groups in total. The zero-order valence-corrected chi connectivity index (χ0v) is 16.5. The Morgan fingerprint density at radius 2 is 2.00 bits per heavy atom. The number of hydrogen-bond acceptors (Lipinski definition) is 7. The lowest BCUT2D eigenvalue weighted by atomic mass is 10.0. The van der Waals surface area contributed by atoms with Gasteiger partial charge in [0.25, 0.3) is 0 Å². The molecular formula is C17H20N6OS2. The second-order valence-corrected chi connectivity index (χ2v) is 7.93. The fraction of sp³-hybridized carbons (Fsp3) is 0.353. The third-order valence-electron chi connectivity index (χ3n) is 3.70. The van der Waals surface area contributed by atoms with Crippen molar-refractivity contribution in [1.29, 1.82) is 0 Å². The molecule has 0 saturated carbocycles. The first-order valence-corrected chi connectivity index (χ1v) is 10.1. The number of benzene rings is 1.